The van der Waals surface area contributed by atoms with E-state index in [9.17, 15) is 4.79 Å². The number of ether oxygens (including phenoxy) is 2. The van der Waals surface area contributed by atoms with Gasteiger partial charge >= 0.3 is 0 Å². The number of rotatable bonds is 7. The van der Waals surface area contributed by atoms with Gasteiger partial charge in [0.2, 0.25) is 0 Å². The van der Waals surface area contributed by atoms with E-state index in [1.54, 1.807) is 26.4 Å². The monoisotopic (exact) mass is 172 g/mol. The summed E-state index contributed by atoms with van der Waals surface area (Å²) in [6.45, 7) is 1.14. The summed E-state index contributed by atoms with van der Waals surface area (Å²) in [6.07, 6.45) is 4.61. The molecule has 3 heteroatoms. The zero-order valence-electron chi connectivity index (χ0n) is 7.71. The Morgan fingerprint density at radius 1 is 1.33 bits per heavy atom. The van der Waals surface area contributed by atoms with Crippen LogP contribution in [0.4, 0.5) is 0 Å². The fourth-order valence-corrected chi connectivity index (χ4v) is 0.750. The molecule has 0 unspecified atom stereocenters. The SMILES string of the molecule is COCC=CC(=O)CCCOC. The lowest BCUT2D eigenvalue weighted by Crippen LogP contribution is -1.97. The van der Waals surface area contributed by atoms with E-state index in [2.05, 4.69) is 0 Å². The van der Waals surface area contributed by atoms with E-state index in [1.807, 2.05) is 0 Å². The second kappa shape index (κ2) is 8.43. The first-order valence-corrected chi connectivity index (χ1v) is 3.98. The van der Waals surface area contributed by atoms with E-state index in [4.69, 9.17) is 9.47 Å². The van der Waals surface area contributed by atoms with Crippen LogP contribution in [0.3, 0.4) is 0 Å². The molecule has 0 aliphatic carbocycles. The van der Waals surface area contributed by atoms with Gasteiger partial charge in [0.15, 0.2) is 5.78 Å². The number of allylic oxidation sites excluding steroid dienone is 1. The Morgan fingerprint density at radius 2 is 2.08 bits per heavy atom. The van der Waals surface area contributed by atoms with E-state index in [1.165, 1.54) is 0 Å². The van der Waals surface area contributed by atoms with Crippen molar-refractivity contribution in [3.05, 3.63) is 12.2 Å². The highest BCUT2D eigenvalue weighted by molar-refractivity contribution is 5.89. The predicted molar refractivity (Wildman–Crippen MR) is 47.1 cm³/mol. The Labute approximate surface area is 73.4 Å². The van der Waals surface area contributed by atoms with E-state index in [0.29, 0.717) is 19.6 Å². The number of hydrogen-bond acceptors (Lipinski definition) is 3. The average Bonchev–Trinajstić information content (AvgIpc) is 2.06. The number of ketones is 1. The third kappa shape index (κ3) is 7.44. The minimum Gasteiger partial charge on any atom is -0.385 e. The van der Waals surface area contributed by atoms with Crippen LogP contribution in [0.25, 0.3) is 0 Å². The molecule has 0 spiro atoms. The van der Waals surface area contributed by atoms with Crippen molar-refractivity contribution in [2.75, 3.05) is 27.4 Å². The maximum absolute atomic E-state index is 11.0. The molecular formula is C9H16O3. The largest absolute Gasteiger partial charge is 0.385 e. The van der Waals surface area contributed by atoms with Gasteiger partial charge < -0.3 is 9.47 Å². The van der Waals surface area contributed by atoms with Crippen molar-refractivity contribution in [2.24, 2.45) is 0 Å². The molecule has 0 amide bonds. The summed E-state index contributed by atoms with van der Waals surface area (Å²) in [4.78, 5) is 11.0. The van der Waals surface area contributed by atoms with E-state index in [0.717, 1.165) is 6.42 Å². The summed E-state index contributed by atoms with van der Waals surface area (Å²) in [5, 5.41) is 0. The topological polar surface area (TPSA) is 35.5 Å². The molecule has 0 fully saturated rings. The molecule has 0 bridgehead atoms. The lowest BCUT2D eigenvalue weighted by molar-refractivity contribution is -0.114. The normalized spacial score (nSPS) is 10.8. The summed E-state index contributed by atoms with van der Waals surface area (Å²) in [5.41, 5.74) is 0. The summed E-state index contributed by atoms with van der Waals surface area (Å²) in [5.74, 6) is 0.129. The van der Waals surface area contributed by atoms with Gasteiger partial charge in [0, 0.05) is 27.2 Å². The van der Waals surface area contributed by atoms with Crippen LogP contribution in [0.2, 0.25) is 0 Å². The molecule has 0 atom stereocenters. The van der Waals surface area contributed by atoms with Crippen LogP contribution in [-0.2, 0) is 14.3 Å². The first kappa shape index (κ1) is 11.3. The van der Waals surface area contributed by atoms with Crippen molar-refractivity contribution in [1.82, 2.24) is 0 Å². The molecule has 0 aromatic carbocycles. The van der Waals surface area contributed by atoms with Crippen molar-refractivity contribution in [1.29, 1.82) is 0 Å². The van der Waals surface area contributed by atoms with Gasteiger partial charge in [-0.15, -0.1) is 0 Å². The van der Waals surface area contributed by atoms with Gasteiger partial charge in [0.25, 0.3) is 0 Å². The zero-order valence-corrected chi connectivity index (χ0v) is 7.71. The van der Waals surface area contributed by atoms with Gasteiger partial charge in [-0.3, -0.25) is 4.79 Å². The fourth-order valence-electron chi connectivity index (χ4n) is 0.750. The molecule has 0 saturated heterocycles. The van der Waals surface area contributed by atoms with Gasteiger partial charge in [-0.1, -0.05) is 6.08 Å². The Kier molecular flexibility index (Phi) is 7.96. The number of hydrogen-bond donors (Lipinski definition) is 0. The maximum Gasteiger partial charge on any atom is 0.155 e. The average molecular weight is 172 g/mol. The van der Waals surface area contributed by atoms with Gasteiger partial charge in [-0.05, 0) is 12.5 Å². The van der Waals surface area contributed by atoms with E-state index >= 15 is 0 Å². The Bertz CT molecular complexity index is 141. The third-order valence-electron chi connectivity index (χ3n) is 1.34. The fraction of sp³-hybridized carbons (Fsp3) is 0.667. The predicted octanol–water partition coefficient (Wildman–Crippen LogP) is 1.18. The summed E-state index contributed by atoms with van der Waals surface area (Å²) >= 11 is 0. The molecule has 0 radical (unpaired) electrons. The van der Waals surface area contributed by atoms with Crippen molar-refractivity contribution in [2.45, 2.75) is 12.8 Å². The standard InChI is InChI=1S/C9H16O3/c1-11-7-3-5-9(10)6-4-8-12-2/h3,5H,4,6-8H2,1-2H3. The zero-order chi connectivity index (χ0) is 9.23. The Balaban J connectivity index is 3.33. The van der Waals surface area contributed by atoms with Gasteiger partial charge in [-0.2, -0.15) is 0 Å². The van der Waals surface area contributed by atoms with Crippen molar-refractivity contribution >= 4 is 5.78 Å². The second-order valence-corrected chi connectivity index (χ2v) is 2.42. The molecule has 0 rings (SSSR count). The Hall–Kier alpha value is -0.670. The molecule has 0 saturated carbocycles. The minimum absolute atomic E-state index is 0.129. The molecule has 12 heavy (non-hydrogen) atoms. The van der Waals surface area contributed by atoms with Gasteiger partial charge in [0.05, 0.1) is 6.61 Å². The molecule has 3 nitrogen and oxygen atoms in total. The molecule has 0 aromatic heterocycles. The molecule has 0 aliphatic rings. The molecule has 70 valence electrons. The van der Waals surface area contributed by atoms with Crippen LogP contribution in [0.15, 0.2) is 12.2 Å². The van der Waals surface area contributed by atoms with Crippen LogP contribution in [0.5, 0.6) is 0 Å². The minimum atomic E-state index is 0.129. The van der Waals surface area contributed by atoms with E-state index in [-0.39, 0.29) is 5.78 Å². The molecule has 0 aromatic rings. The molecule has 0 N–H and O–H groups in total. The molecular weight excluding hydrogens is 156 g/mol. The van der Waals surface area contributed by atoms with Crippen molar-refractivity contribution in [3.8, 4) is 0 Å². The first-order chi connectivity index (χ1) is 5.81. The van der Waals surface area contributed by atoms with E-state index < -0.39 is 0 Å². The summed E-state index contributed by atoms with van der Waals surface area (Å²) in [7, 11) is 3.23. The lowest BCUT2D eigenvalue weighted by atomic mass is 10.2. The quantitative estimate of drug-likeness (QED) is 0.427. The van der Waals surface area contributed by atoms with Crippen LogP contribution in [0, 0.1) is 0 Å². The van der Waals surface area contributed by atoms with Crippen LogP contribution < -0.4 is 0 Å². The van der Waals surface area contributed by atoms with Crippen LogP contribution in [-0.4, -0.2) is 33.2 Å². The Morgan fingerprint density at radius 3 is 2.67 bits per heavy atom. The highest BCUT2D eigenvalue weighted by Gasteiger charge is 1.94. The second-order valence-electron chi connectivity index (χ2n) is 2.42. The molecule has 0 heterocycles. The maximum atomic E-state index is 11.0. The first-order valence-electron chi connectivity index (χ1n) is 3.98. The van der Waals surface area contributed by atoms with Crippen LogP contribution >= 0.6 is 0 Å². The smallest absolute Gasteiger partial charge is 0.155 e. The summed E-state index contributed by atoms with van der Waals surface area (Å²) < 4.78 is 9.57. The third-order valence-corrected chi connectivity index (χ3v) is 1.34. The molecule has 0 aliphatic heterocycles. The van der Waals surface area contributed by atoms with Crippen LogP contribution in [0.1, 0.15) is 12.8 Å². The number of carbonyl (C=O) groups excluding carboxylic acids is 1. The number of carbonyl (C=O) groups is 1. The lowest BCUT2D eigenvalue weighted by Gasteiger charge is -1.94. The number of methoxy groups -OCH3 is 2. The van der Waals surface area contributed by atoms with Crippen molar-refractivity contribution in [3.63, 3.8) is 0 Å². The summed E-state index contributed by atoms with van der Waals surface area (Å²) in [6, 6.07) is 0. The highest BCUT2D eigenvalue weighted by Crippen LogP contribution is 1.92. The highest BCUT2D eigenvalue weighted by atomic mass is 16.5. The van der Waals surface area contributed by atoms with Crippen molar-refractivity contribution < 1.29 is 14.3 Å². The van der Waals surface area contributed by atoms with Gasteiger partial charge in [-0.25, -0.2) is 0 Å². The van der Waals surface area contributed by atoms with Gasteiger partial charge in [0.1, 0.15) is 0 Å².